The standard InChI is InChI=1S/C16H16F3NO2.ClH/c17-16(18,19)22-13-8-6-12(7-9-13)15(20)14(21)10-11-4-2-1-3-5-11;/h1-9,14-15,21H,10,20H2;1H/t14-,15+;/m1./s1. The second-order valence-corrected chi connectivity index (χ2v) is 4.90. The number of hydrogen-bond donors (Lipinski definition) is 2. The summed E-state index contributed by atoms with van der Waals surface area (Å²) < 4.78 is 40.0. The molecule has 0 radical (unpaired) electrons. The van der Waals surface area contributed by atoms with Gasteiger partial charge < -0.3 is 15.6 Å². The Balaban J connectivity index is 0.00000264. The van der Waals surface area contributed by atoms with Gasteiger partial charge in [-0.05, 0) is 23.3 Å². The van der Waals surface area contributed by atoms with Gasteiger partial charge in [0.2, 0.25) is 0 Å². The maximum Gasteiger partial charge on any atom is 0.573 e. The predicted octanol–water partition coefficient (Wildman–Crippen LogP) is 3.61. The number of benzene rings is 2. The summed E-state index contributed by atoms with van der Waals surface area (Å²) in [5.74, 6) is -0.319. The molecule has 0 aliphatic rings. The Morgan fingerprint density at radius 1 is 1.00 bits per heavy atom. The Morgan fingerprint density at radius 3 is 2.09 bits per heavy atom. The van der Waals surface area contributed by atoms with E-state index in [-0.39, 0.29) is 18.2 Å². The van der Waals surface area contributed by atoms with Gasteiger partial charge in [-0.15, -0.1) is 25.6 Å². The summed E-state index contributed by atoms with van der Waals surface area (Å²) in [6.45, 7) is 0. The molecule has 0 bridgehead atoms. The van der Waals surface area contributed by atoms with Crippen molar-refractivity contribution in [2.24, 2.45) is 5.73 Å². The van der Waals surface area contributed by atoms with Crippen LogP contribution >= 0.6 is 12.4 Å². The minimum absolute atomic E-state index is 0. The minimum Gasteiger partial charge on any atom is -0.406 e. The Labute approximate surface area is 138 Å². The summed E-state index contributed by atoms with van der Waals surface area (Å²) in [7, 11) is 0. The van der Waals surface area contributed by atoms with Crippen molar-refractivity contribution in [3.8, 4) is 5.75 Å². The maximum absolute atomic E-state index is 12.1. The molecule has 7 heteroatoms. The van der Waals surface area contributed by atoms with E-state index in [0.717, 1.165) is 5.56 Å². The van der Waals surface area contributed by atoms with E-state index in [1.807, 2.05) is 30.3 Å². The van der Waals surface area contributed by atoms with Crippen LogP contribution in [-0.4, -0.2) is 17.6 Å². The van der Waals surface area contributed by atoms with Crippen molar-refractivity contribution in [1.29, 1.82) is 0 Å². The van der Waals surface area contributed by atoms with Crippen LogP contribution in [0.1, 0.15) is 17.2 Å². The molecule has 2 aromatic carbocycles. The third kappa shape index (κ3) is 6.09. The molecular formula is C16H17ClF3NO2. The molecule has 0 saturated carbocycles. The number of nitrogens with two attached hydrogens (primary N) is 1. The zero-order chi connectivity index (χ0) is 16.2. The van der Waals surface area contributed by atoms with E-state index >= 15 is 0 Å². The molecule has 3 N–H and O–H groups in total. The quantitative estimate of drug-likeness (QED) is 0.868. The van der Waals surface area contributed by atoms with Crippen molar-refractivity contribution in [1.82, 2.24) is 0 Å². The van der Waals surface area contributed by atoms with Crippen LogP contribution in [-0.2, 0) is 6.42 Å². The molecule has 0 fully saturated rings. The Bertz CT molecular complexity index is 591. The number of alkyl halides is 3. The normalized spacial score (nSPS) is 13.8. The summed E-state index contributed by atoms with van der Waals surface area (Å²) >= 11 is 0. The highest BCUT2D eigenvalue weighted by Gasteiger charge is 2.31. The number of halogens is 4. The lowest BCUT2D eigenvalue weighted by atomic mass is 9.97. The number of rotatable bonds is 5. The molecule has 2 aromatic rings. The molecule has 0 aliphatic heterocycles. The maximum atomic E-state index is 12.1. The van der Waals surface area contributed by atoms with Crippen molar-refractivity contribution in [2.75, 3.05) is 0 Å². The highest BCUT2D eigenvalue weighted by atomic mass is 35.5. The predicted molar refractivity (Wildman–Crippen MR) is 83.5 cm³/mol. The third-order valence-corrected chi connectivity index (χ3v) is 3.20. The first-order chi connectivity index (χ1) is 10.3. The van der Waals surface area contributed by atoms with E-state index in [1.165, 1.54) is 24.3 Å². The molecule has 2 rings (SSSR count). The number of aliphatic hydroxyl groups is 1. The first-order valence-corrected chi connectivity index (χ1v) is 6.68. The van der Waals surface area contributed by atoms with Gasteiger partial charge in [0.15, 0.2) is 0 Å². The monoisotopic (exact) mass is 347 g/mol. The summed E-state index contributed by atoms with van der Waals surface area (Å²) in [6.07, 6.45) is -5.20. The van der Waals surface area contributed by atoms with E-state index in [2.05, 4.69) is 4.74 Å². The van der Waals surface area contributed by atoms with Crippen molar-refractivity contribution in [3.05, 3.63) is 65.7 Å². The zero-order valence-electron chi connectivity index (χ0n) is 12.0. The van der Waals surface area contributed by atoms with E-state index in [4.69, 9.17) is 5.73 Å². The van der Waals surface area contributed by atoms with Crippen molar-refractivity contribution in [3.63, 3.8) is 0 Å². The molecule has 0 unspecified atom stereocenters. The van der Waals surface area contributed by atoms with Crippen molar-refractivity contribution < 1.29 is 23.0 Å². The van der Waals surface area contributed by atoms with Crippen LogP contribution in [0.25, 0.3) is 0 Å². The molecule has 0 saturated heterocycles. The van der Waals surface area contributed by atoms with Gasteiger partial charge in [-0.1, -0.05) is 42.5 Å². The van der Waals surface area contributed by atoms with Gasteiger partial charge in [0.05, 0.1) is 12.1 Å². The molecular weight excluding hydrogens is 331 g/mol. The fraction of sp³-hybridized carbons (Fsp3) is 0.250. The van der Waals surface area contributed by atoms with Crippen LogP contribution in [0, 0.1) is 0 Å². The average Bonchev–Trinajstić information content (AvgIpc) is 2.46. The van der Waals surface area contributed by atoms with Crippen LogP contribution in [0.4, 0.5) is 13.2 Å². The number of hydrogen-bond acceptors (Lipinski definition) is 3. The average molecular weight is 348 g/mol. The first-order valence-electron chi connectivity index (χ1n) is 6.68. The van der Waals surface area contributed by atoms with Crippen molar-refractivity contribution >= 4 is 12.4 Å². The lowest BCUT2D eigenvalue weighted by Crippen LogP contribution is -2.28. The molecule has 0 aliphatic carbocycles. The summed E-state index contributed by atoms with van der Waals surface area (Å²) in [5.41, 5.74) is 7.42. The number of ether oxygens (including phenoxy) is 1. The second kappa shape index (κ2) is 8.19. The van der Waals surface area contributed by atoms with Crippen LogP contribution < -0.4 is 10.5 Å². The van der Waals surface area contributed by atoms with E-state index in [0.29, 0.717) is 12.0 Å². The highest BCUT2D eigenvalue weighted by Crippen LogP contribution is 2.25. The van der Waals surface area contributed by atoms with Gasteiger partial charge >= 0.3 is 6.36 Å². The lowest BCUT2D eigenvalue weighted by Gasteiger charge is -2.20. The van der Waals surface area contributed by atoms with Crippen LogP contribution in [0.2, 0.25) is 0 Å². The summed E-state index contributed by atoms with van der Waals surface area (Å²) in [4.78, 5) is 0. The van der Waals surface area contributed by atoms with Crippen molar-refractivity contribution in [2.45, 2.75) is 24.9 Å². The van der Waals surface area contributed by atoms with E-state index in [9.17, 15) is 18.3 Å². The Morgan fingerprint density at radius 2 is 1.57 bits per heavy atom. The van der Waals surface area contributed by atoms with Crippen LogP contribution in [0.3, 0.4) is 0 Å². The largest absolute Gasteiger partial charge is 0.573 e. The molecule has 0 spiro atoms. The molecule has 0 heterocycles. The molecule has 3 nitrogen and oxygen atoms in total. The molecule has 126 valence electrons. The molecule has 0 aromatic heterocycles. The Kier molecular flexibility index (Phi) is 6.87. The van der Waals surface area contributed by atoms with Gasteiger partial charge in [-0.3, -0.25) is 0 Å². The smallest absolute Gasteiger partial charge is 0.406 e. The van der Waals surface area contributed by atoms with E-state index in [1.54, 1.807) is 0 Å². The Hall–Kier alpha value is -1.76. The van der Waals surface area contributed by atoms with E-state index < -0.39 is 18.5 Å². The summed E-state index contributed by atoms with van der Waals surface area (Å²) in [5, 5.41) is 10.1. The van der Waals surface area contributed by atoms with Crippen LogP contribution in [0.5, 0.6) is 5.75 Å². The molecule has 23 heavy (non-hydrogen) atoms. The fourth-order valence-corrected chi connectivity index (χ4v) is 2.10. The van der Waals surface area contributed by atoms with Crippen LogP contribution in [0.15, 0.2) is 54.6 Å². The lowest BCUT2D eigenvalue weighted by molar-refractivity contribution is -0.274. The first kappa shape index (κ1) is 19.3. The number of aliphatic hydroxyl groups excluding tert-OH is 1. The van der Waals surface area contributed by atoms with Gasteiger partial charge in [-0.2, -0.15) is 0 Å². The topological polar surface area (TPSA) is 55.5 Å². The fourth-order valence-electron chi connectivity index (χ4n) is 2.10. The van der Waals surface area contributed by atoms with Gasteiger partial charge in [0.1, 0.15) is 5.75 Å². The molecule has 2 atom stereocenters. The SMILES string of the molecule is Cl.N[C@@H](c1ccc(OC(F)(F)F)cc1)[C@H](O)Cc1ccccc1. The van der Waals surface area contributed by atoms with Gasteiger partial charge in [0, 0.05) is 6.42 Å². The molecule has 0 amide bonds. The summed E-state index contributed by atoms with van der Waals surface area (Å²) in [6, 6.07) is 13.8. The highest BCUT2D eigenvalue weighted by molar-refractivity contribution is 5.85. The minimum atomic E-state index is -4.73. The third-order valence-electron chi connectivity index (χ3n) is 3.20. The van der Waals surface area contributed by atoms with Gasteiger partial charge in [-0.25, -0.2) is 0 Å². The zero-order valence-corrected chi connectivity index (χ0v) is 12.8. The second-order valence-electron chi connectivity index (χ2n) is 4.90. The van der Waals surface area contributed by atoms with Gasteiger partial charge in [0.25, 0.3) is 0 Å².